The van der Waals surface area contributed by atoms with Crippen molar-refractivity contribution in [3.8, 4) is 0 Å². The highest BCUT2D eigenvalue weighted by molar-refractivity contribution is 7.80. The Morgan fingerprint density at radius 2 is 1.69 bits per heavy atom. The van der Waals surface area contributed by atoms with Gasteiger partial charge in [-0.3, -0.25) is 0 Å². The van der Waals surface area contributed by atoms with E-state index in [0.29, 0.717) is 6.10 Å². The predicted octanol–water partition coefficient (Wildman–Crippen LogP) is 3.71. The zero-order valence-corrected chi connectivity index (χ0v) is 9.75. The molecular weight excluding hydrogens is 180 g/mol. The van der Waals surface area contributed by atoms with Crippen molar-refractivity contribution in [2.45, 2.75) is 59.0 Å². The van der Waals surface area contributed by atoms with Crippen LogP contribution in [0, 0.1) is 5.41 Å². The van der Waals surface area contributed by atoms with Crippen molar-refractivity contribution < 1.29 is 4.74 Å². The lowest BCUT2D eigenvalue weighted by Crippen LogP contribution is -2.27. The van der Waals surface area contributed by atoms with Gasteiger partial charge in [-0.25, -0.2) is 0 Å². The minimum absolute atomic E-state index is 0.0206. The van der Waals surface area contributed by atoms with Gasteiger partial charge in [0.1, 0.15) is 0 Å². The third-order valence-corrected chi connectivity index (χ3v) is 3.15. The van der Waals surface area contributed by atoms with E-state index < -0.39 is 0 Å². The highest BCUT2D eigenvalue weighted by Crippen LogP contribution is 2.25. The standard InChI is InChI=1S/C11H20OS/c1-11(2,3)10(13)12-9-7-5-4-6-8-9/h9H,4-8H2,1-3H3. The first-order valence-corrected chi connectivity index (χ1v) is 5.62. The number of thiocarbonyl (C=S) groups is 1. The number of hydrogen-bond acceptors (Lipinski definition) is 2. The minimum Gasteiger partial charge on any atom is -0.483 e. The summed E-state index contributed by atoms with van der Waals surface area (Å²) in [7, 11) is 0. The Kier molecular flexibility index (Phi) is 3.72. The molecule has 0 N–H and O–H groups in total. The van der Waals surface area contributed by atoms with Gasteiger partial charge in [0, 0.05) is 5.41 Å². The van der Waals surface area contributed by atoms with Gasteiger partial charge < -0.3 is 4.74 Å². The summed E-state index contributed by atoms with van der Waals surface area (Å²) in [6, 6.07) is 0. The van der Waals surface area contributed by atoms with Gasteiger partial charge >= 0.3 is 0 Å². The Morgan fingerprint density at radius 1 is 1.15 bits per heavy atom. The molecule has 0 unspecified atom stereocenters. The fourth-order valence-corrected chi connectivity index (χ4v) is 1.65. The van der Waals surface area contributed by atoms with Crippen molar-refractivity contribution in [1.29, 1.82) is 0 Å². The first kappa shape index (κ1) is 11.0. The quantitative estimate of drug-likeness (QED) is 0.597. The van der Waals surface area contributed by atoms with Gasteiger partial charge in [-0.05, 0) is 37.9 Å². The monoisotopic (exact) mass is 200 g/mol. The molecule has 1 aliphatic carbocycles. The van der Waals surface area contributed by atoms with E-state index in [1.165, 1.54) is 32.1 Å². The Morgan fingerprint density at radius 3 is 2.15 bits per heavy atom. The zero-order valence-electron chi connectivity index (χ0n) is 8.93. The predicted molar refractivity (Wildman–Crippen MR) is 60.0 cm³/mol. The molecule has 0 aliphatic heterocycles. The van der Waals surface area contributed by atoms with Crippen LogP contribution in [0.3, 0.4) is 0 Å². The van der Waals surface area contributed by atoms with Crippen molar-refractivity contribution in [3.63, 3.8) is 0 Å². The SMILES string of the molecule is CC(C)(C)C(=S)OC1CCCCC1. The van der Waals surface area contributed by atoms with Gasteiger partial charge in [0.15, 0.2) is 5.05 Å². The van der Waals surface area contributed by atoms with E-state index in [9.17, 15) is 0 Å². The lowest BCUT2D eigenvalue weighted by Gasteiger charge is -2.28. The second-order valence-electron chi connectivity index (χ2n) is 4.92. The van der Waals surface area contributed by atoms with Gasteiger partial charge in [-0.2, -0.15) is 0 Å². The molecule has 0 spiro atoms. The van der Waals surface area contributed by atoms with Crippen LogP contribution in [0.5, 0.6) is 0 Å². The summed E-state index contributed by atoms with van der Waals surface area (Å²) in [4.78, 5) is 0. The van der Waals surface area contributed by atoms with Crippen LogP contribution in [0.25, 0.3) is 0 Å². The normalized spacial score (nSPS) is 19.9. The number of rotatable bonds is 1. The molecule has 1 aliphatic rings. The Bertz CT molecular complexity index is 175. The lowest BCUT2D eigenvalue weighted by molar-refractivity contribution is 0.131. The second kappa shape index (κ2) is 4.41. The molecule has 0 aromatic heterocycles. The van der Waals surface area contributed by atoms with Crippen molar-refractivity contribution in [1.82, 2.24) is 0 Å². The Hall–Kier alpha value is -0.110. The van der Waals surface area contributed by atoms with E-state index in [1.807, 2.05) is 0 Å². The largest absolute Gasteiger partial charge is 0.483 e. The summed E-state index contributed by atoms with van der Waals surface area (Å²) in [6.07, 6.45) is 6.75. The molecule has 1 rings (SSSR count). The van der Waals surface area contributed by atoms with Gasteiger partial charge in [-0.1, -0.05) is 27.2 Å². The fraction of sp³-hybridized carbons (Fsp3) is 0.909. The van der Waals surface area contributed by atoms with Crippen molar-refractivity contribution in [2.75, 3.05) is 0 Å². The molecule has 0 aromatic carbocycles. The van der Waals surface area contributed by atoms with Crippen LogP contribution < -0.4 is 0 Å². The molecule has 2 heteroatoms. The molecular formula is C11H20OS. The smallest absolute Gasteiger partial charge is 0.165 e. The zero-order chi connectivity index (χ0) is 9.90. The maximum Gasteiger partial charge on any atom is 0.165 e. The first-order chi connectivity index (χ1) is 6.00. The maximum atomic E-state index is 5.79. The van der Waals surface area contributed by atoms with Crippen LogP contribution in [-0.2, 0) is 4.74 Å². The summed E-state index contributed by atoms with van der Waals surface area (Å²) < 4.78 is 5.79. The summed E-state index contributed by atoms with van der Waals surface area (Å²) >= 11 is 5.25. The molecule has 0 bridgehead atoms. The molecule has 1 fully saturated rings. The average molecular weight is 200 g/mol. The maximum absolute atomic E-state index is 5.79. The molecule has 0 heterocycles. The average Bonchev–Trinajstić information content (AvgIpc) is 2.04. The van der Waals surface area contributed by atoms with E-state index >= 15 is 0 Å². The van der Waals surface area contributed by atoms with Crippen molar-refractivity contribution >= 4 is 17.3 Å². The minimum atomic E-state index is 0.0206. The molecule has 1 nitrogen and oxygen atoms in total. The van der Waals surface area contributed by atoms with E-state index in [4.69, 9.17) is 17.0 Å². The highest BCUT2D eigenvalue weighted by atomic mass is 32.1. The van der Waals surface area contributed by atoms with Gasteiger partial charge in [0.05, 0.1) is 6.10 Å². The van der Waals surface area contributed by atoms with E-state index in [-0.39, 0.29) is 5.41 Å². The summed E-state index contributed by atoms with van der Waals surface area (Å²) in [5.74, 6) is 0. The molecule has 0 atom stereocenters. The Balaban J connectivity index is 2.35. The van der Waals surface area contributed by atoms with Crippen LogP contribution in [0.15, 0.2) is 0 Å². The topological polar surface area (TPSA) is 9.23 Å². The van der Waals surface area contributed by atoms with Crippen LogP contribution in [0.2, 0.25) is 0 Å². The molecule has 76 valence electrons. The van der Waals surface area contributed by atoms with Crippen LogP contribution >= 0.6 is 12.2 Å². The van der Waals surface area contributed by atoms with Crippen LogP contribution in [0.1, 0.15) is 52.9 Å². The first-order valence-electron chi connectivity index (χ1n) is 5.21. The molecule has 0 saturated heterocycles. The summed E-state index contributed by atoms with van der Waals surface area (Å²) in [6.45, 7) is 6.33. The molecule has 1 saturated carbocycles. The van der Waals surface area contributed by atoms with Crippen molar-refractivity contribution in [3.05, 3.63) is 0 Å². The molecule has 0 amide bonds. The highest BCUT2D eigenvalue weighted by Gasteiger charge is 2.23. The lowest BCUT2D eigenvalue weighted by atomic mass is 9.95. The molecule has 0 aromatic rings. The fourth-order valence-electron chi connectivity index (χ4n) is 1.51. The number of hydrogen-bond donors (Lipinski definition) is 0. The Labute approximate surface area is 86.9 Å². The molecule has 0 radical (unpaired) electrons. The van der Waals surface area contributed by atoms with Gasteiger partial charge in [0.2, 0.25) is 0 Å². The van der Waals surface area contributed by atoms with Crippen LogP contribution in [-0.4, -0.2) is 11.2 Å². The second-order valence-corrected chi connectivity index (χ2v) is 5.29. The van der Waals surface area contributed by atoms with Gasteiger partial charge in [-0.15, -0.1) is 0 Å². The van der Waals surface area contributed by atoms with E-state index in [1.54, 1.807) is 0 Å². The number of ether oxygens (including phenoxy) is 1. The summed E-state index contributed by atoms with van der Waals surface area (Å²) in [5.41, 5.74) is 0.0206. The van der Waals surface area contributed by atoms with Crippen molar-refractivity contribution in [2.24, 2.45) is 5.41 Å². The summed E-state index contributed by atoms with van der Waals surface area (Å²) in [5, 5.41) is 0.777. The third kappa shape index (κ3) is 3.63. The van der Waals surface area contributed by atoms with E-state index in [0.717, 1.165) is 5.05 Å². The molecule has 13 heavy (non-hydrogen) atoms. The van der Waals surface area contributed by atoms with E-state index in [2.05, 4.69) is 20.8 Å². The third-order valence-electron chi connectivity index (χ3n) is 2.44. The van der Waals surface area contributed by atoms with Crippen LogP contribution in [0.4, 0.5) is 0 Å². The van der Waals surface area contributed by atoms with Gasteiger partial charge in [0.25, 0.3) is 0 Å².